The molecule has 0 amide bonds. The number of rotatable bonds is 3. The number of aromatic nitrogens is 1. The fourth-order valence-electron chi connectivity index (χ4n) is 2.49. The normalized spacial score (nSPS) is 10.8. The van der Waals surface area contributed by atoms with Crippen molar-refractivity contribution in [2.24, 2.45) is 0 Å². The van der Waals surface area contributed by atoms with E-state index in [2.05, 4.69) is 54.6 Å². The molecule has 0 bridgehead atoms. The predicted molar refractivity (Wildman–Crippen MR) is 99.3 cm³/mol. The molecule has 0 aliphatic heterocycles. The van der Waals surface area contributed by atoms with Gasteiger partial charge in [0.2, 0.25) is 0 Å². The summed E-state index contributed by atoms with van der Waals surface area (Å²) in [7, 11) is 5.10. The fraction of sp³-hybridized carbons (Fsp3) is 0.0526. The van der Waals surface area contributed by atoms with Crippen LogP contribution in [-0.2, 0) is 0 Å². The Morgan fingerprint density at radius 2 is 1.61 bits per heavy atom. The van der Waals surface area contributed by atoms with Crippen LogP contribution in [0.3, 0.4) is 0 Å². The van der Waals surface area contributed by atoms with Crippen LogP contribution in [-0.4, -0.2) is 12.1 Å². The summed E-state index contributed by atoms with van der Waals surface area (Å²) in [5.74, 6) is 0.865. The van der Waals surface area contributed by atoms with Crippen molar-refractivity contribution in [2.75, 3.05) is 7.11 Å². The van der Waals surface area contributed by atoms with Gasteiger partial charge in [0, 0.05) is 5.56 Å². The molecular formula is C19H14NOS2+. The van der Waals surface area contributed by atoms with E-state index in [1.165, 1.54) is 16.3 Å². The third kappa shape index (κ3) is 2.83. The summed E-state index contributed by atoms with van der Waals surface area (Å²) in [5.41, 5.74) is 2.30. The molecular weight excluding hydrogens is 322 g/mol. The van der Waals surface area contributed by atoms with Crippen molar-refractivity contribution in [3.05, 3.63) is 66.7 Å². The average Bonchev–Trinajstić information content (AvgIpc) is 3.11. The van der Waals surface area contributed by atoms with Crippen LogP contribution in [0.25, 0.3) is 31.9 Å². The second kappa shape index (κ2) is 6.07. The van der Waals surface area contributed by atoms with Gasteiger partial charge in [-0.3, -0.25) is 0 Å². The van der Waals surface area contributed by atoms with E-state index < -0.39 is 0 Å². The highest BCUT2D eigenvalue weighted by atomic mass is 32.9. The lowest BCUT2D eigenvalue weighted by Crippen LogP contribution is -1.83. The highest BCUT2D eigenvalue weighted by molar-refractivity contribution is 7.71. The zero-order chi connectivity index (χ0) is 15.6. The van der Waals surface area contributed by atoms with E-state index in [-0.39, 0.29) is 0 Å². The van der Waals surface area contributed by atoms with Gasteiger partial charge in [-0.2, -0.15) is 4.98 Å². The minimum Gasteiger partial charge on any atom is -0.497 e. The summed E-state index contributed by atoms with van der Waals surface area (Å²) in [6.45, 7) is 0. The molecule has 0 atom stereocenters. The van der Waals surface area contributed by atoms with Gasteiger partial charge in [0.05, 0.1) is 12.7 Å². The van der Waals surface area contributed by atoms with Crippen LogP contribution < -0.4 is 4.74 Å². The van der Waals surface area contributed by atoms with Crippen molar-refractivity contribution < 1.29 is 4.74 Å². The van der Waals surface area contributed by atoms with Crippen LogP contribution >= 0.6 is 20.7 Å². The van der Waals surface area contributed by atoms with Crippen LogP contribution in [0.4, 0.5) is 0 Å². The lowest BCUT2D eigenvalue weighted by Gasteiger charge is -1.99. The number of nitrogens with zero attached hydrogens (tertiary/aromatic N) is 1. The molecule has 0 saturated carbocycles. The summed E-state index contributed by atoms with van der Waals surface area (Å²) >= 11 is 0. The number of fused-ring (bicyclic) bond motifs is 1. The number of hydrogen-bond acceptors (Lipinski definition) is 3. The van der Waals surface area contributed by atoms with E-state index >= 15 is 0 Å². The van der Waals surface area contributed by atoms with Gasteiger partial charge in [0.15, 0.2) is 15.3 Å². The van der Waals surface area contributed by atoms with E-state index in [4.69, 9.17) is 9.72 Å². The van der Waals surface area contributed by atoms with Gasteiger partial charge in [-0.15, -0.1) is 0 Å². The van der Waals surface area contributed by atoms with Crippen LogP contribution in [0.1, 0.15) is 0 Å². The molecule has 0 aliphatic carbocycles. The van der Waals surface area contributed by atoms with Crippen LogP contribution in [0.15, 0.2) is 66.7 Å². The van der Waals surface area contributed by atoms with Crippen molar-refractivity contribution in [2.45, 2.75) is 0 Å². The molecule has 4 aromatic rings. The van der Waals surface area contributed by atoms with Crippen LogP contribution in [0, 0.1) is 0 Å². The molecule has 4 heteroatoms. The fourth-order valence-corrected chi connectivity index (χ4v) is 4.69. The first kappa shape index (κ1) is 14.3. The van der Waals surface area contributed by atoms with Crippen molar-refractivity contribution in [1.82, 2.24) is 4.98 Å². The van der Waals surface area contributed by atoms with E-state index in [1.54, 1.807) is 27.8 Å². The molecule has 23 heavy (non-hydrogen) atoms. The molecule has 2 nitrogen and oxygen atoms in total. The summed E-state index contributed by atoms with van der Waals surface area (Å²) < 4.78 is 5.21. The molecule has 0 spiro atoms. The average molecular weight is 336 g/mol. The maximum atomic E-state index is 5.21. The van der Waals surface area contributed by atoms with E-state index in [9.17, 15) is 0 Å². The van der Waals surface area contributed by atoms with Gasteiger partial charge in [-0.1, -0.05) is 30.3 Å². The van der Waals surface area contributed by atoms with Gasteiger partial charge in [0.1, 0.15) is 5.75 Å². The Morgan fingerprint density at radius 1 is 0.870 bits per heavy atom. The molecule has 0 unspecified atom stereocenters. The molecule has 1 heterocycles. The zero-order valence-electron chi connectivity index (χ0n) is 12.5. The minimum absolute atomic E-state index is 0.865. The highest BCUT2D eigenvalue weighted by Gasteiger charge is 2.19. The first-order valence-corrected chi connectivity index (χ1v) is 9.42. The first-order chi connectivity index (χ1) is 11.3. The second-order valence-corrected chi connectivity index (χ2v) is 7.29. The van der Waals surface area contributed by atoms with Gasteiger partial charge in [0.25, 0.3) is 0 Å². The monoisotopic (exact) mass is 336 g/mol. The van der Waals surface area contributed by atoms with E-state index in [0.717, 1.165) is 21.3 Å². The number of benzene rings is 3. The summed E-state index contributed by atoms with van der Waals surface area (Å²) in [6, 6.07) is 23.0. The topological polar surface area (TPSA) is 22.1 Å². The quantitative estimate of drug-likeness (QED) is 0.339. The van der Waals surface area contributed by atoms with Crippen LogP contribution in [0.5, 0.6) is 5.75 Å². The first-order valence-electron chi connectivity index (χ1n) is 7.27. The maximum Gasteiger partial charge on any atom is 0.348 e. The van der Waals surface area contributed by atoms with Gasteiger partial charge < -0.3 is 4.74 Å². The van der Waals surface area contributed by atoms with Gasteiger partial charge in [-0.25, -0.2) is 0 Å². The lowest BCUT2D eigenvalue weighted by atomic mass is 10.1. The molecule has 3 aromatic carbocycles. The molecule has 4 rings (SSSR count). The predicted octanol–water partition coefficient (Wildman–Crippen LogP) is 5.98. The lowest BCUT2D eigenvalue weighted by molar-refractivity contribution is 0.415. The highest BCUT2D eigenvalue weighted by Crippen LogP contribution is 2.35. The Morgan fingerprint density at radius 3 is 2.39 bits per heavy atom. The number of ether oxygens (including phenoxy) is 1. The van der Waals surface area contributed by atoms with Crippen molar-refractivity contribution in [3.8, 4) is 26.9 Å². The minimum atomic E-state index is 0.865. The third-order valence-electron chi connectivity index (χ3n) is 3.74. The molecule has 0 N–H and O–H groups in total. The Bertz CT molecular complexity index is 960. The summed E-state index contributed by atoms with van der Waals surface area (Å²) in [5, 5.41) is 4.61. The Kier molecular flexibility index (Phi) is 3.77. The van der Waals surface area contributed by atoms with E-state index in [1.807, 2.05) is 12.1 Å². The van der Waals surface area contributed by atoms with Crippen molar-refractivity contribution in [1.29, 1.82) is 0 Å². The largest absolute Gasteiger partial charge is 0.497 e. The number of methoxy groups -OCH3 is 1. The smallest absolute Gasteiger partial charge is 0.348 e. The Hall–Kier alpha value is -2.30. The molecule has 0 saturated heterocycles. The summed E-state index contributed by atoms with van der Waals surface area (Å²) in [6.07, 6.45) is 0. The molecule has 0 fully saturated rings. The summed E-state index contributed by atoms with van der Waals surface area (Å²) in [4.78, 5) is 4.81. The molecule has 0 radical (unpaired) electrons. The number of hydrogen-bond donors (Lipinski definition) is 0. The van der Waals surface area contributed by atoms with Gasteiger partial charge in [-0.05, 0) is 47.2 Å². The van der Waals surface area contributed by atoms with Crippen molar-refractivity contribution in [3.63, 3.8) is 0 Å². The third-order valence-corrected chi connectivity index (χ3v) is 5.99. The van der Waals surface area contributed by atoms with Crippen molar-refractivity contribution >= 4 is 31.5 Å². The maximum absolute atomic E-state index is 5.21. The zero-order valence-corrected chi connectivity index (χ0v) is 14.2. The standard InChI is InChI=1S/C19H14NOS2/c1-21-17-10-8-14(9-11-17)18-20-19(23-22-18)16-7-6-13-4-2-3-5-15(13)12-16/h2-12H,1H3/q+1. The second-order valence-electron chi connectivity index (χ2n) is 5.18. The Labute approximate surface area is 142 Å². The molecule has 0 aliphatic rings. The van der Waals surface area contributed by atoms with E-state index in [0.29, 0.717) is 0 Å². The van der Waals surface area contributed by atoms with Gasteiger partial charge >= 0.3 is 15.3 Å². The molecule has 112 valence electrons. The van der Waals surface area contributed by atoms with Crippen LogP contribution in [0.2, 0.25) is 0 Å². The Balaban J connectivity index is 1.70. The molecule has 1 aromatic heterocycles. The SMILES string of the molecule is COc1ccc(-c2nc(-c3ccc4ccccc4c3)[s+]s2)cc1.